The third-order valence-electron chi connectivity index (χ3n) is 3.08. The summed E-state index contributed by atoms with van der Waals surface area (Å²) in [6, 6.07) is 5.26. The van der Waals surface area contributed by atoms with Crippen LogP contribution in [-0.4, -0.2) is 25.3 Å². The lowest BCUT2D eigenvalue weighted by atomic mass is 10.0. The summed E-state index contributed by atoms with van der Waals surface area (Å²) in [5.74, 6) is 0.671. The molecule has 1 amide bonds. The minimum absolute atomic E-state index is 0.00268. The fourth-order valence-corrected chi connectivity index (χ4v) is 1.94. The Bertz CT molecular complexity index is 494. The van der Waals surface area contributed by atoms with Gasteiger partial charge in [0.05, 0.1) is 18.7 Å². The monoisotopic (exact) mass is 247 g/mol. The van der Waals surface area contributed by atoms with E-state index in [1.165, 1.54) is 0 Å². The molecule has 0 fully saturated rings. The van der Waals surface area contributed by atoms with Crippen molar-refractivity contribution in [2.24, 2.45) is 5.92 Å². The number of rotatable bonds is 2. The van der Waals surface area contributed by atoms with Gasteiger partial charge in [-0.3, -0.25) is 9.59 Å². The van der Waals surface area contributed by atoms with E-state index in [-0.39, 0.29) is 17.6 Å². The molecule has 0 aromatic heterocycles. The summed E-state index contributed by atoms with van der Waals surface area (Å²) in [5.41, 5.74) is 1.29. The van der Waals surface area contributed by atoms with E-state index in [1.807, 2.05) is 13.8 Å². The van der Waals surface area contributed by atoms with Crippen molar-refractivity contribution in [2.45, 2.75) is 20.3 Å². The molecule has 1 aliphatic rings. The highest BCUT2D eigenvalue weighted by atomic mass is 16.5. The lowest BCUT2D eigenvalue weighted by Gasteiger charge is -2.17. The normalized spacial score (nSPS) is 15.1. The molecule has 0 saturated heterocycles. The van der Waals surface area contributed by atoms with E-state index in [9.17, 15) is 9.59 Å². The Morgan fingerprint density at radius 3 is 2.78 bits per heavy atom. The van der Waals surface area contributed by atoms with Gasteiger partial charge in [0, 0.05) is 18.5 Å². The summed E-state index contributed by atoms with van der Waals surface area (Å²) in [4.78, 5) is 25.3. The molecule has 0 radical (unpaired) electrons. The first kappa shape index (κ1) is 12.6. The van der Waals surface area contributed by atoms with Crippen LogP contribution < -0.4 is 9.64 Å². The smallest absolute Gasteiger partial charge is 0.230 e. The van der Waals surface area contributed by atoms with E-state index in [4.69, 9.17) is 4.74 Å². The van der Waals surface area contributed by atoms with E-state index in [1.54, 1.807) is 30.1 Å². The SMILES string of the molecule is CC(C)C(=O)c1ccc2c(c1)N(C)C(=O)CCO2. The highest BCUT2D eigenvalue weighted by molar-refractivity contribution is 6.01. The lowest BCUT2D eigenvalue weighted by Crippen LogP contribution is -2.25. The van der Waals surface area contributed by atoms with Gasteiger partial charge in [-0.1, -0.05) is 13.8 Å². The van der Waals surface area contributed by atoms with Crippen molar-refractivity contribution in [1.82, 2.24) is 0 Å². The molecule has 1 heterocycles. The van der Waals surface area contributed by atoms with Crippen molar-refractivity contribution in [3.63, 3.8) is 0 Å². The number of carbonyl (C=O) groups is 2. The van der Waals surface area contributed by atoms with Crippen molar-refractivity contribution in [3.8, 4) is 5.75 Å². The predicted octanol–water partition coefficient (Wildman–Crippen LogP) is 2.27. The molecule has 96 valence electrons. The average Bonchev–Trinajstić information content (AvgIpc) is 2.49. The number of hydrogen-bond acceptors (Lipinski definition) is 3. The maximum atomic E-state index is 12.0. The maximum Gasteiger partial charge on any atom is 0.230 e. The second-order valence-electron chi connectivity index (χ2n) is 4.75. The van der Waals surface area contributed by atoms with Crippen LogP contribution in [0.1, 0.15) is 30.6 Å². The number of Topliss-reactive ketones (excluding diaryl/α,β-unsaturated/α-hetero) is 1. The van der Waals surface area contributed by atoms with Crippen molar-refractivity contribution in [1.29, 1.82) is 0 Å². The molecule has 0 N–H and O–H groups in total. The standard InChI is InChI=1S/C14H17NO3/c1-9(2)14(17)10-4-5-12-11(8-10)15(3)13(16)6-7-18-12/h4-5,8-9H,6-7H2,1-3H3. The summed E-state index contributed by atoms with van der Waals surface area (Å²) in [6.07, 6.45) is 0.360. The number of benzene rings is 1. The number of hydrogen-bond donors (Lipinski definition) is 0. The molecule has 0 unspecified atom stereocenters. The number of ether oxygens (including phenoxy) is 1. The summed E-state index contributed by atoms with van der Waals surface area (Å²) >= 11 is 0. The highest BCUT2D eigenvalue weighted by Crippen LogP contribution is 2.32. The van der Waals surface area contributed by atoms with Gasteiger partial charge >= 0.3 is 0 Å². The van der Waals surface area contributed by atoms with Crippen LogP contribution in [-0.2, 0) is 4.79 Å². The predicted molar refractivity (Wildman–Crippen MR) is 69.1 cm³/mol. The molecular weight excluding hydrogens is 230 g/mol. The van der Waals surface area contributed by atoms with E-state index in [0.29, 0.717) is 30.0 Å². The van der Waals surface area contributed by atoms with Crippen molar-refractivity contribution in [2.75, 3.05) is 18.6 Å². The van der Waals surface area contributed by atoms with E-state index in [2.05, 4.69) is 0 Å². The Morgan fingerprint density at radius 2 is 2.11 bits per heavy atom. The molecule has 1 aromatic carbocycles. The van der Waals surface area contributed by atoms with Crippen LogP contribution in [0.15, 0.2) is 18.2 Å². The second-order valence-corrected chi connectivity index (χ2v) is 4.75. The third kappa shape index (κ3) is 2.23. The Kier molecular flexibility index (Phi) is 3.36. The molecular formula is C14H17NO3. The number of fused-ring (bicyclic) bond motifs is 1. The molecule has 0 atom stereocenters. The van der Waals surface area contributed by atoms with Gasteiger partial charge in [0.1, 0.15) is 5.75 Å². The molecule has 0 aliphatic carbocycles. The van der Waals surface area contributed by atoms with Crippen molar-refractivity contribution < 1.29 is 14.3 Å². The van der Waals surface area contributed by atoms with Gasteiger partial charge in [0.15, 0.2) is 5.78 Å². The van der Waals surface area contributed by atoms with E-state index in [0.717, 1.165) is 0 Å². The Labute approximate surface area is 107 Å². The summed E-state index contributed by atoms with van der Waals surface area (Å²) in [7, 11) is 1.71. The van der Waals surface area contributed by atoms with Crippen LogP contribution in [0, 0.1) is 5.92 Å². The molecule has 4 nitrogen and oxygen atoms in total. The van der Waals surface area contributed by atoms with Crippen molar-refractivity contribution in [3.05, 3.63) is 23.8 Å². The number of carbonyl (C=O) groups excluding carboxylic acids is 2. The number of anilines is 1. The molecule has 1 aromatic rings. The number of ketones is 1. The molecule has 4 heteroatoms. The van der Waals surface area contributed by atoms with Gasteiger partial charge in [-0.05, 0) is 18.2 Å². The third-order valence-corrected chi connectivity index (χ3v) is 3.08. The van der Waals surface area contributed by atoms with E-state index >= 15 is 0 Å². The zero-order chi connectivity index (χ0) is 13.3. The first-order valence-corrected chi connectivity index (χ1v) is 6.08. The number of amides is 1. The van der Waals surface area contributed by atoms with E-state index < -0.39 is 0 Å². The maximum absolute atomic E-state index is 12.0. The van der Waals surface area contributed by atoms with Gasteiger partial charge in [-0.25, -0.2) is 0 Å². The summed E-state index contributed by atoms with van der Waals surface area (Å²) in [6.45, 7) is 4.10. The average molecular weight is 247 g/mol. The molecule has 1 aliphatic heterocycles. The van der Waals surface area contributed by atoms with Gasteiger partial charge in [-0.15, -0.1) is 0 Å². The first-order chi connectivity index (χ1) is 8.50. The number of nitrogens with zero attached hydrogens (tertiary/aromatic N) is 1. The molecule has 18 heavy (non-hydrogen) atoms. The molecule has 0 bridgehead atoms. The van der Waals surface area contributed by atoms with Crippen LogP contribution in [0.4, 0.5) is 5.69 Å². The summed E-state index contributed by atoms with van der Waals surface area (Å²) in [5, 5.41) is 0. The minimum Gasteiger partial charge on any atom is -0.491 e. The zero-order valence-corrected chi connectivity index (χ0v) is 10.9. The van der Waals surface area contributed by atoms with Crippen LogP contribution in [0.3, 0.4) is 0 Å². The van der Waals surface area contributed by atoms with Crippen LogP contribution in [0.5, 0.6) is 5.75 Å². The largest absolute Gasteiger partial charge is 0.491 e. The molecule has 0 saturated carbocycles. The Balaban J connectivity index is 2.44. The Hall–Kier alpha value is -1.84. The summed E-state index contributed by atoms with van der Waals surface area (Å²) < 4.78 is 5.51. The van der Waals surface area contributed by atoms with Gasteiger partial charge in [0.2, 0.25) is 5.91 Å². The first-order valence-electron chi connectivity index (χ1n) is 6.08. The Morgan fingerprint density at radius 1 is 1.39 bits per heavy atom. The fourth-order valence-electron chi connectivity index (χ4n) is 1.94. The zero-order valence-electron chi connectivity index (χ0n) is 10.9. The van der Waals surface area contributed by atoms with Crippen LogP contribution in [0.2, 0.25) is 0 Å². The van der Waals surface area contributed by atoms with Gasteiger partial charge in [0.25, 0.3) is 0 Å². The lowest BCUT2D eigenvalue weighted by molar-refractivity contribution is -0.118. The molecule has 0 spiro atoms. The molecule has 2 rings (SSSR count). The quantitative estimate of drug-likeness (QED) is 0.753. The highest BCUT2D eigenvalue weighted by Gasteiger charge is 2.21. The minimum atomic E-state index is -0.0595. The van der Waals surface area contributed by atoms with Gasteiger partial charge < -0.3 is 9.64 Å². The second kappa shape index (κ2) is 4.80. The van der Waals surface area contributed by atoms with Crippen LogP contribution in [0.25, 0.3) is 0 Å². The van der Waals surface area contributed by atoms with Gasteiger partial charge in [-0.2, -0.15) is 0 Å². The van der Waals surface area contributed by atoms with Crippen LogP contribution >= 0.6 is 0 Å². The fraction of sp³-hybridized carbons (Fsp3) is 0.429. The topological polar surface area (TPSA) is 46.6 Å². The van der Waals surface area contributed by atoms with Crippen molar-refractivity contribution >= 4 is 17.4 Å².